The highest BCUT2D eigenvalue weighted by atomic mass is 16.4. The van der Waals surface area contributed by atoms with E-state index in [1.54, 1.807) is 18.2 Å². The van der Waals surface area contributed by atoms with Gasteiger partial charge < -0.3 is 9.40 Å². The Balaban J connectivity index is 1.40. The highest BCUT2D eigenvalue weighted by molar-refractivity contribution is 6.01. The Morgan fingerprint density at radius 1 is 1.03 bits per heavy atom. The number of benzene rings is 1. The highest BCUT2D eigenvalue weighted by Crippen LogP contribution is 2.29. The SMILES string of the molecule is CCN(CC)Cc1ccc(C(=O)NNC(=O)c2ccc3[nH]c4c(c3c2)CCCC4)o1. The van der Waals surface area contributed by atoms with E-state index in [0.717, 1.165) is 42.6 Å². The third-order valence-electron chi connectivity index (χ3n) is 5.81. The topological polar surface area (TPSA) is 90.4 Å². The van der Waals surface area contributed by atoms with Gasteiger partial charge in [-0.1, -0.05) is 13.8 Å². The van der Waals surface area contributed by atoms with Gasteiger partial charge in [0, 0.05) is 22.2 Å². The summed E-state index contributed by atoms with van der Waals surface area (Å²) in [5.74, 6) is 0.0608. The van der Waals surface area contributed by atoms with Crippen molar-refractivity contribution < 1.29 is 14.0 Å². The number of hydrazine groups is 1. The number of aromatic amines is 1. The molecule has 0 aliphatic heterocycles. The van der Waals surface area contributed by atoms with Crippen LogP contribution in [0.2, 0.25) is 0 Å². The lowest BCUT2D eigenvalue weighted by Crippen LogP contribution is -2.41. The summed E-state index contributed by atoms with van der Waals surface area (Å²) in [6, 6.07) is 9.00. The second kappa shape index (κ2) is 8.75. The maximum absolute atomic E-state index is 12.6. The first-order valence-electron chi connectivity index (χ1n) is 10.6. The first-order chi connectivity index (χ1) is 14.6. The summed E-state index contributed by atoms with van der Waals surface area (Å²) in [6.07, 6.45) is 4.46. The molecule has 7 nitrogen and oxygen atoms in total. The number of nitrogens with one attached hydrogen (secondary N) is 3. The average Bonchev–Trinajstić information content (AvgIpc) is 3.39. The molecule has 0 saturated carbocycles. The van der Waals surface area contributed by atoms with Crippen LogP contribution in [0.15, 0.2) is 34.7 Å². The summed E-state index contributed by atoms with van der Waals surface area (Å²) in [6.45, 7) is 6.62. The van der Waals surface area contributed by atoms with Crippen molar-refractivity contribution >= 4 is 22.7 Å². The van der Waals surface area contributed by atoms with Gasteiger partial charge in [-0.15, -0.1) is 0 Å². The normalized spacial score (nSPS) is 13.4. The molecule has 0 unspecified atom stereocenters. The molecule has 0 spiro atoms. The number of fused-ring (bicyclic) bond motifs is 3. The van der Waals surface area contributed by atoms with Gasteiger partial charge in [-0.3, -0.25) is 25.3 Å². The molecule has 0 radical (unpaired) electrons. The number of carbonyl (C=O) groups is 2. The molecule has 2 aromatic heterocycles. The second-order valence-corrected chi connectivity index (χ2v) is 7.69. The molecule has 0 bridgehead atoms. The van der Waals surface area contributed by atoms with Crippen LogP contribution < -0.4 is 10.9 Å². The number of hydrogen-bond donors (Lipinski definition) is 3. The smallest absolute Gasteiger partial charge is 0.305 e. The van der Waals surface area contributed by atoms with Gasteiger partial charge >= 0.3 is 5.91 Å². The van der Waals surface area contributed by atoms with Crippen molar-refractivity contribution in [3.8, 4) is 0 Å². The van der Waals surface area contributed by atoms with Crippen molar-refractivity contribution in [3.63, 3.8) is 0 Å². The fourth-order valence-electron chi connectivity index (χ4n) is 4.05. The molecule has 2 amide bonds. The minimum Gasteiger partial charge on any atom is -0.454 e. The zero-order valence-corrected chi connectivity index (χ0v) is 17.5. The lowest BCUT2D eigenvalue weighted by molar-refractivity contribution is 0.0829. The van der Waals surface area contributed by atoms with E-state index in [0.29, 0.717) is 12.1 Å². The summed E-state index contributed by atoms with van der Waals surface area (Å²) in [7, 11) is 0. The largest absolute Gasteiger partial charge is 0.454 e. The van der Waals surface area contributed by atoms with Crippen molar-refractivity contribution in [2.45, 2.75) is 46.1 Å². The van der Waals surface area contributed by atoms with E-state index >= 15 is 0 Å². The van der Waals surface area contributed by atoms with Gasteiger partial charge in [0.1, 0.15) is 5.76 Å². The number of hydrogen-bond acceptors (Lipinski definition) is 4. The number of carbonyl (C=O) groups excluding carboxylic acids is 2. The molecule has 4 rings (SSSR count). The van der Waals surface area contributed by atoms with Crippen LogP contribution in [0.5, 0.6) is 0 Å². The van der Waals surface area contributed by atoms with E-state index in [2.05, 4.69) is 34.6 Å². The standard InChI is InChI=1S/C23H28N4O3/c1-3-27(4-2)14-16-10-12-21(30-16)23(29)26-25-22(28)15-9-11-20-18(13-15)17-7-5-6-8-19(17)24-20/h9-13,24H,3-8,14H2,1-2H3,(H,25,28)(H,26,29). The maximum Gasteiger partial charge on any atom is 0.305 e. The molecule has 3 N–H and O–H groups in total. The summed E-state index contributed by atoms with van der Waals surface area (Å²) < 4.78 is 5.62. The van der Waals surface area contributed by atoms with Crippen molar-refractivity contribution in [1.82, 2.24) is 20.7 Å². The minimum absolute atomic E-state index is 0.174. The Morgan fingerprint density at radius 2 is 1.80 bits per heavy atom. The number of amides is 2. The van der Waals surface area contributed by atoms with E-state index in [9.17, 15) is 9.59 Å². The second-order valence-electron chi connectivity index (χ2n) is 7.69. The van der Waals surface area contributed by atoms with Crippen molar-refractivity contribution in [1.29, 1.82) is 0 Å². The molecule has 1 aliphatic carbocycles. The molecule has 158 valence electrons. The molecule has 0 fully saturated rings. The number of aromatic nitrogens is 1. The number of H-pyrrole nitrogens is 1. The molecule has 30 heavy (non-hydrogen) atoms. The third-order valence-corrected chi connectivity index (χ3v) is 5.81. The van der Waals surface area contributed by atoms with Crippen LogP contribution in [0.25, 0.3) is 10.9 Å². The van der Waals surface area contributed by atoms with Crippen LogP contribution >= 0.6 is 0 Å². The van der Waals surface area contributed by atoms with E-state index in [1.165, 1.54) is 24.1 Å². The van der Waals surface area contributed by atoms with Gasteiger partial charge in [0.15, 0.2) is 5.76 Å². The molecule has 1 aromatic carbocycles. The average molecular weight is 409 g/mol. The Bertz CT molecular complexity index is 1060. The van der Waals surface area contributed by atoms with Gasteiger partial charge in [0.25, 0.3) is 5.91 Å². The fourth-order valence-corrected chi connectivity index (χ4v) is 4.05. The van der Waals surface area contributed by atoms with Crippen molar-refractivity contribution in [2.75, 3.05) is 13.1 Å². The number of rotatable bonds is 6. The summed E-state index contributed by atoms with van der Waals surface area (Å²) >= 11 is 0. The first-order valence-corrected chi connectivity index (χ1v) is 10.6. The molecule has 7 heteroatoms. The van der Waals surface area contributed by atoms with Crippen LogP contribution in [0, 0.1) is 0 Å². The van der Waals surface area contributed by atoms with Gasteiger partial charge in [0.05, 0.1) is 6.54 Å². The summed E-state index contributed by atoms with van der Waals surface area (Å²) in [5.41, 5.74) is 9.08. The number of furan rings is 1. The van der Waals surface area contributed by atoms with Gasteiger partial charge in [0.2, 0.25) is 0 Å². The van der Waals surface area contributed by atoms with E-state index in [-0.39, 0.29) is 11.7 Å². The predicted octanol–water partition coefficient (Wildman–Crippen LogP) is 3.56. The van der Waals surface area contributed by atoms with Gasteiger partial charge in [-0.05, 0) is 74.7 Å². The van der Waals surface area contributed by atoms with E-state index < -0.39 is 5.91 Å². The van der Waals surface area contributed by atoms with Crippen LogP contribution in [0.1, 0.15) is 64.6 Å². The van der Waals surface area contributed by atoms with Gasteiger partial charge in [-0.2, -0.15) is 0 Å². The highest BCUT2D eigenvalue weighted by Gasteiger charge is 2.18. The Hall–Kier alpha value is -3.06. The van der Waals surface area contributed by atoms with Crippen LogP contribution in [-0.4, -0.2) is 34.8 Å². The fraction of sp³-hybridized carbons (Fsp3) is 0.391. The number of aryl methyl sites for hydroxylation is 2. The molecule has 3 aromatic rings. The molecule has 0 atom stereocenters. The van der Waals surface area contributed by atoms with Crippen molar-refractivity contribution in [2.24, 2.45) is 0 Å². The van der Waals surface area contributed by atoms with Crippen molar-refractivity contribution in [3.05, 3.63) is 58.7 Å². The first kappa shape index (κ1) is 20.2. The monoisotopic (exact) mass is 408 g/mol. The van der Waals surface area contributed by atoms with E-state index in [4.69, 9.17) is 4.42 Å². The molecule has 1 aliphatic rings. The molecular weight excluding hydrogens is 380 g/mol. The lowest BCUT2D eigenvalue weighted by Gasteiger charge is -2.15. The number of nitrogens with zero attached hydrogens (tertiary/aromatic N) is 1. The zero-order valence-electron chi connectivity index (χ0n) is 17.5. The third kappa shape index (κ3) is 4.11. The summed E-state index contributed by atoms with van der Waals surface area (Å²) in [4.78, 5) is 30.6. The van der Waals surface area contributed by atoms with E-state index in [1.807, 2.05) is 12.1 Å². The quantitative estimate of drug-likeness (QED) is 0.544. The summed E-state index contributed by atoms with van der Waals surface area (Å²) in [5, 5.41) is 1.09. The predicted molar refractivity (Wildman–Crippen MR) is 115 cm³/mol. The molecule has 2 heterocycles. The maximum atomic E-state index is 12.6. The Labute approximate surface area is 175 Å². The van der Waals surface area contributed by atoms with Crippen LogP contribution in [0.4, 0.5) is 0 Å². The van der Waals surface area contributed by atoms with Gasteiger partial charge in [-0.25, -0.2) is 0 Å². The van der Waals surface area contributed by atoms with Crippen LogP contribution in [0.3, 0.4) is 0 Å². The Morgan fingerprint density at radius 3 is 2.60 bits per heavy atom. The minimum atomic E-state index is -0.478. The molecule has 0 saturated heterocycles. The van der Waals surface area contributed by atoms with Crippen LogP contribution in [-0.2, 0) is 19.4 Å². The zero-order chi connectivity index (χ0) is 21.1. The lowest BCUT2D eigenvalue weighted by atomic mass is 9.95. The Kier molecular flexibility index (Phi) is 5.90. The molecular formula is C23H28N4O3.